The smallest absolute Gasteiger partial charge is 0.246 e. The zero-order valence-electron chi connectivity index (χ0n) is 36.2. The zero-order chi connectivity index (χ0) is 43.2. The number of hydrogen-bond donors (Lipinski definition) is 4. The first-order chi connectivity index (χ1) is 29.9. The van der Waals surface area contributed by atoms with E-state index < -0.39 is 23.2 Å². The second kappa shape index (κ2) is 16.3. The van der Waals surface area contributed by atoms with E-state index in [1.165, 1.54) is 0 Å². The van der Waals surface area contributed by atoms with Crippen molar-refractivity contribution in [2.24, 2.45) is 11.8 Å². The summed E-state index contributed by atoms with van der Waals surface area (Å²) in [6, 6.07) is 21.9. The molecule has 7 aromatic rings. The fourth-order valence-electron chi connectivity index (χ4n) is 9.29. The number of hydrogen-bond acceptors (Lipinski definition) is 10. The van der Waals surface area contributed by atoms with Crippen molar-refractivity contribution in [3.05, 3.63) is 109 Å². The van der Waals surface area contributed by atoms with Gasteiger partial charge in [-0.05, 0) is 110 Å². The standard InChI is InChI=1S/C48H54N12O2/c1-29(2)39(57-45-49-19-9-20-50-45)41(61)59-23-7-17-47(59,5)43-53-28-38(56-43)35-14-13-31-25-32(11-12-33(31)26-35)34-15-16-36-37(27-34)55-44(54-36)48(6)18-8-24-60(48)42(62)40(30(3)4)58-46-51-21-10-22-52-46/h9-16,19-22,25-30,39-40H,7-8,17-18,23-24H2,1-6H3,(H,53,56)(H,54,55)(H,49,50,57)(H,51,52,58). The van der Waals surface area contributed by atoms with Crippen molar-refractivity contribution in [1.82, 2.24) is 49.7 Å². The molecule has 3 aromatic carbocycles. The number of amides is 2. The molecule has 0 spiro atoms. The van der Waals surface area contributed by atoms with Crippen LogP contribution < -0.4 is 10.6 Å². The van der Waals surface area contributed by atoms with Crippen molar-refractivity contribution in [1.29, 1.82) is 0 Å². The molecular weight excluding hydrogens is 777 g/mol. The lowest BCUT2D eigenvalue weighted by atomic mass is 9.95. The van der Waals surface area contributed by atoms with E-state index >= 15 is 0 Å². The lowest BCUT2D eigenvalue weighted by molar-refractivity contribution is -0.138. The fraction of sp³-hybridized carbons (Fsp3) is 0.375. The monoisotopic (exact) mass is 830 g/mol. The van der Waals surface area contributed by atoms with Crippen LogP contribution in [-0.4, -0.2) is 86.7 Å². The molecule has 0 aliphatic carbocycles. The Kier molecular flexibility index (Phi) is 10.7. The third kappa shape index (κ3) is 7.51. The molecule has 0 saturated carbocycles. The van der Waals surface area contributed by atoms with Gasteiger partial charge in [-0.2, -0.15) is 0 Å². The van der Waals surface area contributed by atoms with E-state index in [2.05, 4.69) is 109 Å². The molecule has 2 saturated heterocycles. The maximum absolute atomic E-state index is 14.2. The number of anilines is 2. The molecule has 14 nitrogen and oxygen atoms in total. The molecule has 4 atom stereocenters. The van der Waals surface area contributed by atoms with Gasteiger partial charge in [0.15, 0.2) is 0 Å². The zero-order valence-corrected chi connectivity index (χ0v) is 36.2. The molecule has 0 radical (unpaired) electrons. The largest absolute Gasteiger partial charge is 0.342 e. The van der Waals surface area contributed by atoms with Crippen molar-refractivity contribution in [3.63, 3.8) is 0 Å². The number of H-pyrrole nitrogens is 2. The molecule has 9 rings (SSSR count). The molecule has 4 aromatic heterocycles. The molecular formula is C48H54N12O2. The minimum absolute atomic E-state index is 0.0178. The Morgan fingerprint density at radius 1 is 0.629 bits per heavy atom. The van der Waals surface area contributed by atoms with Gasteiger partial charge in [0.2, 0.25) is 23.7 Å². The lowest BCUT2D eigenvalue weighted by Gasteiger charge is -2.37. The molecule has 2 aliphatic rings. The number of aromatic nitrogens is 8. The highest BCUT2D eigenvalue weighted by atomic mass is 16.2. The first-order valence-corrected chi connectivity index (χ1v) is 21.7. The third-order valence-corrected chi connectivity index (χ3v) is 12.9. The van der Waals surface area contributed by atoms with E-state index in [1.807, 2.05) is 43.7 Å². The number of carbonyl (C=O) groups excluding carboxylic acids is 2. The van der Waals surface area contributed by atoms with E-state index in [9.17, 15) is 9.59 Å². The SMILES string of the molecule is CC(C)C(Nc1ncccn1)C(=O)N1CCCC1(C)c1ncc(-c2ccc3cc(-c4ccc5nc(C6(C)CCCN6C(=O)C(Nc6ncccn6)C(C)C)[nH]c5c4)ccc3c2)[nH]1. The highest BCUT2D eigenvalue weighted by Gasteiger charge is 2.47. The van der Waals surface area contributed by atoms with E-state index in [-0.39, 0.29) is 23.7 Å². The van der Waals surface area contributed by atoms with E-state index in [0.29, 0.717) is 25.0 Å². The van der Waals surface area contributed by atoms with Gasteiger partial charge < -0.3 is 30.4 Å². The molecule has 2 fully saturated rings. The second-order valence-corrected chi connectivity index (χ2v) is 17.9. The van der Waals surface area contributed by atoms with Crippen LogP contribution in [0.2, 0.25) is 0 Å². The van der Waals surface area contributed by atoms with Gasteiger partial charge >= 0.3 is 0 Å². The minimum atomic E-state index is -0.586. The number of benzene rings is 3. The van der Waals surface area contributed by atoms with Crippen LogP contribution in [0.1, 0.15) is 78.9 Å². The van der Waals surface area contributed by atoms with Gasteiger partial charge in [-0.1, -0.05) is 58.0 Å². The summed E-state index contributed by atoms with van der Waals surface area (Å²) in [5.41, 5.74) is 4.72. The summed E-state index contributed by atoms with van der Waals surface area (Å²) in [6.07, 6.45) is 12.0. The Hall–Kier alpha value is -6.70. The van der Waals surface area contributed by atoms with Crippen LogP contribution in [0.3, 0.4) is 0 Å². The average molecular weight is 831 g/mol. The Morgan fingerprint density at radius 2 is 1.13 bits per heavy atom. The van der Waals surface area contributed by atoms with Gasteiger partial charge in [0.1, 0.15) is 23.7 Å². The van der Waals surface area contributed by atoms with Gasteiger partial charge in [0.25, 0.3) is 0 Å². The molecule has 14 heteroatoms. The van der Waals surface area contributed by atoms with Crippen LogP contribution in [0.25, 0.3) is 44.2 Å². The van der Waals surface area contributed by atoms with Gasteiger partial charge in [0, 0.05) is 43.4 Å². The molecule has 318 valence electrons. The normalized spacial score (nSPS) is 20.1. The second-order valence-electron chi connectivity index (χ2n) is 17.9. The van der Waals surface area contributed by atoms with E-state index in [4.69, 9.17) is 9.97 Å². The van der Waals surface area contributed by atoms with Crippen molar-refractivity contribution in [2.75, 3.05) is 23.7 Å². The predicted octanol–water partition coefficient (Wildman–Crippen LogP) is 8.30. The van der Waals surface area contributed by atoms with Crippen LogP contribution in [0.5, 0.6) is 0 Å². The van der Waals surface area contributed by atoms with Crippen molar-refractivity contribution in [3.8, 4) is 22.4 Å². The number of imidazole rings is 2. The van der Waals surface area contributed by atoms with Crippen LogP contribution in [-0.2, 0) is 20.7 Å². The highest BCUT2D eigenvalue weighted by molar-refractivity contribution is 5.92. The molecule has 62 heavy (non-hydrogen) atoms. The molecule has 4 N–H and O–H groups in total. The molecule has 4 unspecified atom stereocenters. The van der Waals surface area contributed by atoms with Gasteiger partial charge in [-0.25, -0.2) is 29.9 Å². The maximum Gasteiger partial charge on any atom is 0.246 e. The van der Waals surface area contributed by atoms with Crippen LogP contribution >= 0.6 is 0 Å². The molecule has 0 bridgehead atoms. The summed E-state index contributed by atoms with van der Waals surface area (Å²) in [5, 5.41) is 8.79. The Bertz CT molecular complexity index is 2730. The summed E-state index contributed by atoms with van der Waals surface area (Å²) in [7, 11) is 0. The highest BCUT2D eigenvalue weighted by Crippen LogP contribution is 2.41. The number of nitrogens with zero attached hydrogens (tertiary/aromatic N) is 8. The number of fused-ring (bicyclic) bond motifs is 2. The number of likely N-dealkylation sites (tertiary alicyclic amines) is 2. The minimum Gasteiger partial charge on any atom is -0.342 e. The van der Waals surface area contributed by atoms with Gasteiger partial charge in [0.05, 0.1) is 34.0 Å². The summed E-state index contributed by atoms with van der Waals surface area (Å²) < 4.78 is 0. The number of aromatic amines is 2. The first-order valence-electron chi connectivity index (χ1n) is 21.7. The lowest BCUT2D eigenvalue weighted by Crippen LogP contribution is -2.51. The first kappa shape index (κ1) is 40.7. The third-order valence-electron chi connectivity index (χ3n) is 12.9. The maximum atomic E-state index is 14.2. The predicted molar refractivity (Wildman–Crippen MR) is 242 cm³/mol. The molecule has 2 aliphatic heterocycles. The van der Waals surface area contributed by atoms with Gasteiger partial charge in [-0.15, -0.1) is 0 Å². The Morgan fingerprint density at radius 3 is 1.69 bits per heavy atom. The van der Waals surface area contributed by atoms with Crippen LogP contribution in [0, 0.1) is 11.8 Å². The van der Waals surface area contributed by atoms with Crippen molar-refractivity contribution >= 4 is 45.5 Å². The Balaban J connectivity index is 0.925. The Labute approximate surface area is 361 Å². The van der Waals surface area contributed by atoms with Gasteiger partial charge in [-0.3, -0.25) is 9.59 Å². The number of nitrogens with one attached hydrogen (secondary N) is 4. The number of carbonyl (C=O) groups is 2. The van der Waals surface area contributed by atoms with E-state index in [0.717, 1.165) is 81.5 Å². The van der Waals surface area contributed by atoms with Crippen LogP contribution in [0.15, 0.2) is 97.7 Å². The number of rotatable bonds is 12. The summed E-state index contributed by atoms with van der Waals surface area (Å²) in [5.74, 6) is 2.55. The van der Waals surface area contributed by atoms with E-state index in [1.54, 1.807) is 36.9 Å². The summed E-state index contributed by atoms with van der Waals surface area (Å²) in [4.78, 5) is 66.6. The molecule has 2 amide bonds. The van der Waals surface area contributed by atoms with Crippen LogP contribution in [0.4, 0.5) is 11.9 Å². The van der Waals surface area contributed by atoms with Crippen molar-refractivity contribution < 1.29 is 9.59 Å². The summed E-state index contributed by atoms with van der Waals surface area (Å²) in [6.45, 7) is 13.7. The average Bonchev–Trinajstić information content (AvgIpc) is 4.11. The fourth-order valence-corrected chi connectivity index (χ4v) is 9.29. The van der Waals surface area contributed by atoms with Crippen molar-refractivity contribution in [2.45, 2.75) is 90.4 Å². The molecule has 6 heterocycles. The quantitative estimate of drug-likeness (QED) is 0.0938. The summed E-state index contributed by atoms with van der Waals surface area (Å²) >= 11 is 0. The topological polar surface area (TPSA) is 174 Å².